The number of likely N-dealkylation sites (N-methyl/N-ethyl adjacent to an activating group) is 1. The van der Waals surface area contributed by atoms with Crippen molar-refractivity contribution in [2.24, 2.45) is 0 Å². The fourth-order valence-electron chi connectivity index (χ4n) is 4.83. The Morgan fingerprint density at radius 2 is 2.06 bits per heavy atom. The van der Waals surface area contributed by atoms with Crippen LogP contribution in [-0.2, 0) is 4.74 Å². The first-order valence-corrected chi connectivity index (χ1v) is 12.4. The number of nitrogens with zero attached hydrogens (tertiary/aromatic N) is 4. The van der Waals surface area contributed by atoms with Gasteiger partial charge >= 0.3 is 0 Å². The fraction of sp³-hybridized carbons (Fsp3) is 0.462. The van der Waals surface area contributed by atoms with Crippen LogP contribution in [0.25, 0.3) is 10.9 Å². The molecule has 5 rings (SSSR count). The van der Waals surface area contributed by atoms with Crippen LogP contribution in [0.3, 0.4) is 0 Å². The molecule has 0 aliphatic carbocycles. The molecular formula is C26H32ClN5O3. The summed E-state index contributed by atoms with van der Waals surface area (Å²) in [7, 11) is 3.84. The van der Waals surface area contributed by atoms with Crippen LogP contribution in [-0.4, -0.2) is 85.5 Å². The second-order valence-corrected chi connectivity index (χ2v) is 9.66. The predicted molar refractivity (Wildman–Crippen MR) is 138 cm³/mol. The number of rotatable bonds is 8. The van der Waals surface area contributed by atoms with Crippen LogP contribution in [0.1, 0.15) is 12.0 Å². The van der Waals surface area contributed by atoms with Gasteiger partial charge in [0.15, 0.2) is 11.5 Å². The zero-order valence-corrected chi connectivity index (χ0v) is 21.2. The Morgan fingerprint density at radius 3 is 2.86 bits per heavy atom. The maximum atomic E-state index is 6.30. The van der Waals surface area contributed by atoms with E-state index in [9.17, 15) is 0 Å². The molecule has 2 aromatic carbocycles. The summed E-state index contributed by atoms with van der Waals surface area (Å²) < 4.78 is 17.7. The molecule has 8 nitrogen and oxygen atoms in total. The largest absolute Gasteiger partial charge is 0.493 e. The van der Waals surface area contributed by atoms with Gasteiger partial charge in [0.2, 0.25) is 0 Å². The number of nitrogens with one attached hydrogen (secondary N) is 1. The number of methoxy groups -OCH3 is 1. The number of hydrogen-bond donors (Lipinski definition) is 1. The molecule has 2 atom stereocenters. The Morgan fingerprint density at radius 1 is 1.17 bits per heavy atom. The Balaban J connectivity index is 1.26. The van der Waals surface area contributed by atoms with Crippen molar-refractivity contribution in [3.63, 3.8) is 0 Å². The number of ether oxygens (including phenoxy) is 3. The molecule has 1 aromatic heterocycles. The van der Waals surface area contributed by atoms with Crippen LogP contribution in [0, 0.1) is 6.92 Å². The van der Waals surface area contributed by atoms with E-state index in [2.05, 4.69) is 32.1 Å². The van der Waals surface area contributed by atoms with E-state index in [0.717, 1.165) is 61.4 Å². The molecule has 2 saturated heterocycles. The van der Waals surface area contributed by atoms with Gasteiger partial charge in [0, 0.05) is 54.4 Å². The summed E-state index contributed by atoms with van der Waals surface area (Å²) in [4.78, 5) is 13.8. The van der Waals surface area contributed by atoms with Gasteiger partial charge in [0.1, 0.15) is 12.1 Å². The van der Waals surface area contributed by atoms with E-state index in [1.807, 2.05) is 37.3 Å². The van der Waals surface area contributed by atoms with Crippen molar-refractivity contribution in [2.45, 2.75) is 25.5 Å². The minimum absolute atomic E-state index is 0.324. The summed E-state index contributed by atoms with van der Waals surface area (Å²) in [6.07, 6.45) is 2.78. The molecule has 0 amide bonds. The zero-order valence-electron chi connectivity index (χ0n) is 20.5. The molecule has 2 aliphatic heterocycles. The van der Waals surface area contributed by atoms with E-state index in [4.69, 9.17) is 25.8 Å². The van der Waals surface area contributed by atoms with Crippen LogP contribution in [0.5, 0.6) is 11.5 Å². The maximum absolute atomic E-state index is 6.30. The predicted octanol–water partition coefficient (Wildman–Crippen LogP) is 4.13. The van der Waals surface area contributed by atoms with Crippen LogP contribution < -0.4 is 14.8 Å². The number of aromatic nitrogens is 2. The minimum Gasteiger partial charge on any atom is -0.493 e. The summed E-state index contributed by atoms with van der Waals surface area (Å²) in [6.45, 7) is 7.43. The average Bonchev–Trinajstić information content (AvgIpc) is 3.28. The lowest BCUT2D eigenvalue weighted by Crippen LogP contribution is -2.48. The Bertz CT molecular complexity index is 1190. The first-order valence-electron chi connectivity index (χ1n) is 12.0. The molecule has 9 heteroatoms. The number of aryl methyl sites for hydroxylation is 1. The van der Waals surface area contributed by atoms with Gasteiger partial charge in [-0.1, -0.05) is 17.7 Å². The van der Waals surface area contributed by atoms with Gasteiger partial charge in [0.05, 0.1) is 31.9 Å². The van der Waals surface area contributed by atoms with Crippen molar-refractivity contribution >= 4 is 34.0 Å². The van der Waals surface area contributed by atoms with Gasteiger partial charge in [-0.3, -0.25) is 9.80 Å². The van der Waals surface area contributed by atoms with Crippen molar-refractivity contribution in [2.75, 3.05) is 58.9 Å². The van der Waals surface area contributed by atoms with Crippen LogP contribution in [0.2, 0.25) is 5.02 Å². The SMILES string of the molecule is COc1cc2ncnc(Nc3ccc(C)c(Cl)c3)c2cc1OCCCN1CC2OCCN(C)C2C1. The standard InChI is InChI=1S/C26H32ClN5O3/c1-17-5-6-18(11-20(17)27)30-26-19-12-24(23(33-3)13-21(19)28-16-29-26)34-9-4-7-32-14-22-25(15-32)35-10-8-31(22)2/h5-6,11-13,16,22,25H,4,7-10,14-15H2,1-3H3,(H,28,29,30). The van der Waals surface area contributed by atoms with E-state index in [0.29, 0.717) is 41.1 Å². The smallest absolute Gasteiger partial charge is 0.162 e. The molecule has 2 unspecified atom stereocenters. The third-order valence-corrected chi connectivity index (χ3v) is 7.29. The van der Waals surface area contributed by atoms with Crippen LogP contribution in [0.15, 0.2) is 36.7 Å². The molecule has 3 aromatic rings. The molecule has 0 bridgehead atoms. The first kappa shape index (κ1) is 24.1. The average molecular weight is 498 g/mol. The Hall–Kier alpha value is -2.65. The fourth-order valence-corrected chi connectivity index (χ4v) is 5.01. The first-order chi connectivity index (χ1) is 17.0. The molecule has 3 heterocycles. The summed E-state index contributed by atoms with van der Waals surface area (Å²) in [5.41, 5.74) is 2.66. The van der Waals surface area contributed by atoms with Crippen molar-refractivity contribution in [1.29, 1.82) is 0 Å². The van der Waals surface area contributed by atoms with E-state index in [1.54, 1.807) is 7.11 Å². The molecule has 0 radical (unpaired) electrons. The van der Waals surface area contributed by atoms with Gasteiger partial charge < -0.3 is 19.5 Å². The lowest BCUT2D eigenvalue weighted by atomic mass is 10.1. The number of morpholine rings is 1. The van der Waals surface area contributed by atoms with E-state index in [-0.39, 0.29) is 0 Å². The van der Waals surface area contributed by atoms with E-state index >= 15 is 0 Å². The van der Waals surface area contributed by atoms with E-state index < -0.39 is 0 Å². The highest BCUT2D eigenvalue weighted by Crippen LogP contribution is 2.35. The highest BCUT2D eigenvalue weighted by Gasteiger charge is 2.38. The number of anilines is 2. The molecule has 2 fully saturated rings. The Kier molecular flexibility index (Phi) is 7.24. The van der Waals surface area contributed by atoms with Gasteiger partial charge in [-0.15, -0.1) is 0 Å². The minimum atomic E-state index is 0.324. The molecule has 35 heavy (non-hydrogen) atoms. The summed E-state index contributed by atoms with van der Waals surface area (Å²) in [6, 6.07) is 10.2. The van der Waals surface area contributed by atoms with Gasteiger partial charge in [0.25, 0.3) is 0 Å². The number of fused-ring (bicyclic) bond motifs is 2. The maximum Gasteiger partial charge on any atom is 0.162 e. The number of halogens is 1. The highest BCUT2D eigenvalue weighted by molar-refractivity contribution is 6.31. The molecule has 2 aliphatic rings. The number of likely N-dealkylation sites (tertiary alicyclic amines) is 1. The third kappa shape index (κ3) is 5.30. The van der Waals surface area contributed by atoms with Crippen molar-refractivity contribution in [3.8, 4) is 11.5 Å². The molecule has 186 valence electrons. The molecule has 1 N–H and O–H groups in total. The van der Waals surface area contributed by atoms with Crippen LogP contribution >= 0.6 is 11.6 Å². The second kappa shape index (κ2) is 10.5. The normalized spacial score (nSPS) is 20.7. The monoisotopic (exact) mass is 497 g/mol. The quantitative estimate of drug-likeness (QED) is 0.466. The Labute approximate surface area is 211 Å². The second-order valence-electron chi connectivity index (χ2n) is 9.25. The zero-order chi connectivity index (χ0) is 24.4. The molecular weight excluding hydrogens is 466 g/mol. The van der Waals surface area contributed by atoms with Crippen molar-refractivity contribution in [1.82, 2.24) is 19.8 Å². The summed E-state index contributed by atoms with van der Waals surface area (Å²) in [5, 5.41) is 4.91. The molecule has 0 saturated carbocycles. The van der Waals surface area contributed by atoms with E-state index in [1.165, 1.54) is 6.33 Å². The van der Waals surface area contributed by atoms with Gasteiger partial charge in [-0.2, -0.15) is 0 Å². The van der Waals surface area contributed by atoms with Gasteiger partial charge in [-0.05, 0) is 44.2 Å². The van der Waals surface area contributed by atoms with Crippen molar-refractivity contribution in [3.05, 3.63) is 47.2 Å². The lowest BCUT2D eigenvalue weighted by Gasteiger charge is -2.33. The highest BCUT2D eigenvalue weighted by atomic mass is 35.5. The van der Waals surface area contributed by atoms with Crippen molar-refractivity contribution < 1.29 is 14.2 Å². The summed E-state index contributed by atoms with van der Waals surface area (Å²) >= 11 is 6.30. The number of hydrogen-bond acceptors (Lipinski definition) is 8. The topological polar surface area (TPSA) is 72.0 Å². The molecule has 0 spiro atoms. The summed E-state index contributed by atoms with van der Waals surface area (Å²) in [5.74, 6) is 2.02. The lowest BCUT2D eigenvalue weighted by molar-refractivity contribution is -0.0369. The van der Waals surface area contributed by atoms with Gasteiger partial charge in [-0.25, -0.2) is 9.97 Å². The third-order valence-electron chi connectivity index (χ3n) is 6.89. The van der Waals surface area contributed by atoms with Crippen LogP contribution in [0.4, 0.5) is 11.5 Å². The number of benzene rings is 2.